The molecule has 0 heterocycles. The SMILES string of the molecule is CN(C(=S)c1ccccc1)C(C(=O)O)c1ccccc1. The van der Waals surface area contributed by atoms with Crippen LogP contribution in [0.15, 0.2) is 60.7 Å². The molecule has 0 aliphatic carbocycles. The molecule has 0 saturated heterocycles. The van der Waals surface area contributed by atoms with Gasteiger partial charge in [-0.1, -0.05) is 72.9 Å². The van der Waals surface area contributed by atoms with Crippen LogP contribution in [0, 0.1) is 0 Å². The van der Waals surface area contributed by atoms with Gasteiger partial charge in [0.1, 0.15) is 4.99 Å². The van der Waals surface area contributed by atoms with Crippen LogP contribution >= 0.6 is 12.2 Å². The summed E-state index contributed by atoms with van der Waals surface area (Å²) in [7, 11) is 1.71. The molecule has 0 aliphatic heterocycles. The van der Waals surface area contributed by atoms with Crippen molar-refractivity contribution in [2.45, 2.75) is 6.04 Å². The number of carboxylic acids is 1. The minimum absolute atomic E-state index is 0.516. The number of rotatable bonds is 4. The highest BCUT2D eigenvalue weighted by Crippen LogP contribution is 2.22. The van der Waals surface area contributed by atoms with E-state index in [0.717, 1.165) is 5.56 Å². The number of thiocarbonyl (C=S) groups is 1. The monoisotopic (exact) mass is 285 g/mol. The molecule has 2 rings (SSSR count). The fourth-order valence-corrected chi connectivity index (χ4v) is 2.31. The molecule has 20 heavy (non-hydrogen) atoms. The van der Waals surface area contributed by atoms with E-state index < -0.39 is 12.0 Å². The second-order valence-corrected chi connectivity index (χ2v) is 4.82. The molecular weight excluding hydrogens is 270 g/mol. The number of carboxylic acid groups (broad SMARTS) is 1. The van der Waals surface area contributed by atoms with Crippen LogP contribution in [0.3, 0.4) is 0 Å². The van der Waals surface area contributed by atoms with Crippen molar-refractivity contribution >= 4 is 23.2 Å². The standard InChI is InChI=1S/C16H15NO2S/c1-17(15(20)13-10-6-3-7-11-13)14(16(18)19)12-8-4-2-5-9-12/h2-11,14H,1H3,(H,18,19). The molecule has 0 saturated carbocycles. The summed E-state index contributed by atoms with van der Waals surface area (Å²) in [4.78, 5) is 13.7. The molecule has 2 aromatic rings. The molecule has 4 heteroatoms. The summed E-state index contributed by atoms with van der Waals surface area (Å²) in [6.45, 7) is 0. The highest BCUT2D eigenvalue weighted by atomic mass is 32.1. The number of likely N-dealkylation sites (N-methyl/N-ethyl adjacent to an activating group) is 1. The average Bonchev–Trinajstić information content (AvgIpc) is 2.48. The van der Waals surface area contributed by atoms with Crippen LogP contribution in [0.2, 0.25) is 0 Å². The van der Waals surface area contributed by atoms with Crippen LogP contribution in [0.25, 0.3) is 0 Å². The lowest BCUT2D eigenvalue weighted by Gasteiger charge is -2.27. The fraction of sp³-hybridized carbons (Fsp3) is 0.125. The molecule has 2 aromatic carbocycles. The number of nitrogens with zero attached hydrogens (tertiary/aromatic N) is 1. The van der Waals surface area contributed by atoms with Crippen LogP contribution < -0.4 is 0 Å². The van der Waals surface area contributed by atoms with Gasteiger partial charge in [0.25, 0.3) is 0 Å². The Morgan fingerprint density at radius 3 is 2.05 bits per heavy atom. The zero-order valence-corrected chi connectivity index (χ0v) is 11.9. The van der Waals surface area contributed by atoms with E-state index in [9.17, 15) is 9.90 Å². The van der Waals surface area contributed by atoms with Crippen molar-refractivity contribution < 1.29 is 9.90 Å². The van der Waals surface area contributed by atoms with Gasteiger partial charge in [-0.15, -0.1) is 0 Å². The molecule has 0 amide bonds. The van der Waals surface area contributed by atoms with Gasteiger partial charge >= 0.3 is 5.97 Å². The van der Waals surface area contributed by atoms with Crippen LogP contribution in [0.4, 0.5) is 0 Å². The zero-order chi connectivity index (χ0) is 14.5. The highest BCUT2D eigenvalue weighted by Gasteiger charge is 2.26. The predicted molar refractivity (Wildman–Crippen MR) is 82.7 cm³/mol. The van der Waals surface area contributed by atoms with Gasteiger partial charge in [-0.3, -0.25) is 0 Å². The van der Waals surface area contributed by atoms with Gasteiger partial charge in [0.05, 0.1) is 0 Å². The molecule has 0 aliphatic rings. The number of carbonyl (C=O) groups is 1. The maximum absolute atomic E-state index is 11.6. The topological polar surface area (TPSA) is 40.5 Å². The zero-order valence-electron chi connectivity index (χ0n) is 11.1. The summed E-state index contributed by atoms with van der Waals surface area (Å²) in [5, 5.41) is 9.49. The van der Waals surface area contributed by atoms with E-state index in [1.165, 1.54) is 0 Å². The second-order valence-electron chi connectivity index (χ2n) is 4.43. The summed E-state index contributed by atoms with van der Waals surface area (Å²) < 4.78 is 0. The van der Waals surface area contributed by atoms with Gasteiger partial charge in [-0.25, -0.2) is 4.79 Å². The second kappa shape index (κ2) is 6.30. The van der Waals surface area contributed by atoms with Gasteiger partial charge in [-0.05, 0) is 5.56 Å². The van der Waals surface area contributed by atoms with Crippen molar-refractivity contribution in [3.8, 4) is 0 Å². The quantitative estimate of drug-likeness (QED) is 0.876. The predicted octanol–water partition coefficient (Wildman–Crippen LogP) is 3.12. The number of aliphatic carboxylic acids is 1. The molecule has 1 N–H and O–H groups in total. The number of benzene rings is 2. The van der Waals surface area contributed by atoms with E-state index in [4.69, 9.17) is 12.2 Å². The first-order valence-electron chi connectivity index (χ1n) is 6.21. The Morgan fingerprint density at radius 2 is 1.55 bits per heavy atom. The first-order valence-corrected chi connectivity index (χ1v) is 6.62. The van der Waals surface area contributed by atoms with Gasteiger partial charge < -0.3 is 10.0 Å². The Morgan fingerprint density at radius 1 is 1.05 bits per heavy atom. The normalized spacial score (nSPS) is 11.7. The Hall–Kier alpha value is -2.20. The third-order valence-electron chi connectivity index (χ3n) is 3.08. The van der Waals surface area contributed by atoms with Gasteiger partial charge in [0, 0.05) is 12.6 Å². The molecule has 3 nitrogen and oxygen atoms in total. The Kier molecular flexibility index (Phi) is 4.48. The van der Waals surface area contributed by atoms with E-state index >= 15 is 0 Å². The van der Waals surface area contributed by atoms with Crippen molar-refractivity contribution in [2.24, 2.45) is 0 Å². The molecule has 1 atom stereocenters. The Balaban J connectivity index is 2.31. The van der Waals surface area contributed by atoms with Crippen LogP contribution in [0.1, 0.15) is 17.2 Å². The Bertz CT molecular complexity index is 598. The lowest BCUT2D eigenvalue weighted by atomic mass is 10.1. The maximum atomic E-state index is 11.6. The molecule has 1 unspecified atom stereocenters. The number of hydrogen-bond acceptors (Lipinski definition) is 2. The largest absolute Gasteiger partial charge is 0.479 e. The Labute approximate surface area is 123 Å². The van der Waals surface area contributed by atoms with Crippen molar-refractivity contribution in [2.75, 3.05) is 7.05 Å². The van der Waals surface area contributed by atoms with Gasteiger partial charge in [0.2, 0.25) is 0 Å². The summed E-state index contributed by atoms with van der Waals surface area (Å²) in [6, 6.07) is 17.7. The van der Waals surface area contributed by atoms with E-state index in [-0.39, 0.29) is 0 Å². The molecule has 0 spiro atoms. The van der Waals surface area contributed by atoms with Gasteiger partial charge in [0.15, 0.2) is 6.04 Å². The summed E-state index contributed by atoms with van der Waals surface area (Å²) in [6.07, 6.45) is 0. The smallest absolute Gasteiger partial charge is 0.331 e. The van der Waals surface area contributed by atoms with E-state index in [1.807, 2.05) is 48.5 Å². The lowest BCUT2D eigenvalue weighted by Crippen LogP contribution is -2.35. The highest BCUT2D eigenvalue weighted by molar-refractivity contribution is 7.80. The third kappa shape index (κ3) is 3.03. The molecule has 0 aromatic heterocycles. The molecule has 102 valence electrons. The molecule has 0 radical (unpaired) electrons. The van der Waals surface area contributed by atoms with E-state index in [2.05, 4.69) is 0 Å². The molecule has 0 bridgehead atoms. The third-order valence-corrected chi connectivity index (χ3v) is 3.60. The van der Waals surface area contributed by atoms with Crippen molar-refractivity contribution in [1.82, 2.24) is 4.90 Å². The van der Waals surface area contributed by atoms with Crippen molar-refractivity contribution in [3.05, 3.63) is 71.8 Å². The minimum atomic E-state index is -0.919. The van der Waals surface area contributed by atoms with Crippen LogP contribution in [0.5, 0.6) is 0 Å². The fourth-order valence-electron chi connectivity index (χ4n) is 2.07. The first-order chi connectivity index (χ1) is 9.61. The lowest BCUT2D eigenvalue weighted by molar-refractivity contribution is -0.141. The van der Waals surface area contributed by atoms with Crippen LogP contribution in [-0.4, -0.2) is 28.0 Å². The van der Waals surface area contributed by atoms with E-state index in [1.54, 1.807) is 24.1 Å². The van der Waals surface area contributed by atoms with Crippen molar-refractivity contribution in [3.63, 3.8) is 0 Å². The minimum Gasteiger partial charge on any atom is -0.479 e. The maximum Gasteiger partial charge on any atom is 0.331 e. The average molecular weight is 285 g/mol. The molecular formula is C16H15NO2S. The first kappa shape index (κ1) is 14.2. The summed E-state index contributed by atoms with van der Waals surface area (Å²) >= 11 is 5.40. The summed E-state index contributed by atoms with van der Waals surface area (Å²) in [5.41, 5.74) is 1.55. The van der Waals surface area contributed by atoms with E-state index in [0.29, 0.717) is 10.6 Å². The van der Waals surface area contributed by atoms with Crippen LogP contribution in [-0.2, 0) is 4.79 Å². The van der Waals surface area contributed by atoms with Crippen molar-refractivity contribution in [1.29, 1.82) is 0 Å². The summed E-state index contributed by atoms with van der Waals surface area (Å²) in [5.74, 6) is -0.919. The van der Waals surface area contributed by atoms with Gasteiger partial charge in [-0.2, -0.15) is 0 Å². The number of hydrogen-bond donors (Lipinski definition) is 1. The molecule has 0 fully saturated rings.